The van der Waals surface area contributed by atoms with E-state index in [1.54, 1.807) is 13.8 Å². The molecule has 0 unspecified atom stereocenters. The third-order valence-corrected chi connectivity index (χ3v) is 1.76. The second-order valence-electron chi connectivity index (χ2n) is 3.56. The second kappa shape index (κ2) is 4.61. The lowest BCUT2D eigenvalue weighted by Crippen LogP contribution is -2.36. The number of carbonyl (C=O) groups excluding carboxylic acids is 1. The number of nitrogens with one attached hydrogen (secondary N) is 2. The highest BCUT2D eigenvalue weighted by Gasteiger charge is 2.15. The lowest BCUT2D eigenvalue weighted by Gasteiger charge is -2.08. The average molecular weight is 223 g/mol. The molecular weight excluding hydrogens is 210 g/mol. The van der Waals surface area contributed by atoms with Crippen molar-refractivity contribution in [3.63, 3.8) is 0 Å². The van der Waals surface area contributed by atoms with E-state index in [4.69, 9.17) is 10.5 Å². The quantitative estimate of drug-likeness (QED) is 0.556. The van der Waals surface area contributed by atoms with Crippen LogP contribution in [0.4, 0.5) is 0 Å². The van der Waals surface area contributed by atoms with Crippen molar-refractivity contribution in [1.82, 2.24) is 10.3 Å². The molecule has 6 heteroatoms. The maximum absolute atomic E-state index is 11.4. The van der Waals surface area contributed by atoms with Crippen molar-refractivity contribution in [3.05, 3.63) is 18.0 Å². The zero-order valence-corrected chi connectivity index (χ0v) is 8.98. The van der Waals surface area contributed by atoms with Crippen LogP contribution in [0.3, 0.4) is 0 Å². The molecule has 16 heavy (non-hydrogen) atoms. The summed E-state index contributed by atoms with van der Waals surface area (Å²) in [6.45, 7) is 3.54. The molecule has 6 nitrogen and oxygen atoms in total. The van der Waals surface area contributed by atoms with Gasteiger partial charge in [0.25, 0.3) is 5.91 Å². The van der Waals surface area contributed by atoms with Crippen LogP contribution in [0.15, 0.2) is 12.3 Å². The number of carbonyl (C=O) groups is 1. The van der Waals surface area contributed by atoms with E-state index in [0.717, 1.165) is 12.3 Å². The van der Waals surface area contributed by atoms with E-state index < -0.39 is 11.7 Å². The van der Waals surface area contributed by atoms with Crippen molar-refractivity contribution in [1.29, 1.82) is 5.41 Å². The topological polar surface area (TPSA) is 106 Å². The molecule has 0 aromatic carbocycles. The second-order valence-corrected chi connectivity index (χ2v) is 3.56. The van der Waals surface area contributed by atoms with Crippen LogP contribution in [0.25, 0.3) is 0 Å². The third kappa shape index (κ3) is 2.69. The summed E-state index contributed by atoms with van der Waals surface area (Å²) in [5.41, 5.74) is -0.350. The minimum absolute atomic E-state index is 0.00782. The Hall–Kier alpha value is -2.11. The van der Waals surface area contributed by atoms with Crippen LogP contribution in [0.5, 0.6) is 11.5 Å². The predicted octanol–water partition coefficient (Wildman–Crippen LogP) is 0.385. The number of aromatic nitrogens is 1. The number of amides is 1. The zero-order chi connectivity index (χ0) is 12.3. The van der Waals surface area contributed by atoms with Crippen molar-refractivity contribution in [2.75, 3.05) is 0 Å². The van der Waals surface area contributed by atoms with Crippen molar-refractivity contribution in [3.8, 4) is 11.5 Å². The fourth-order valence-corrected chi connectivity index (χ4v) is 1.02. The van der Waals surface area contributed by atoms with Gasteiger partial charge in [-0.3, -0.25) is 15.2 Å². The van der Waals surface area contributed by atoms with Crippen LogP contribution >= 0.6 is 0 Å². The summed E-state index contributed by atoms with van der Waals surface area (Å²) in [5.74, 6) is -1.37. The van der Waals surface area contributed by atoms with Crippen LogP contribution in [-0.2, 0) is 4.79 Å². The first-order valence-electron chi connectivity index (χ1n) is 4.69. The number of hydrogen-bond acceptors (Lipinski definition) is 5. The molecule has 0 saturated carbocycles. The van der Waals surface area contributed by atoms with E-state index in [-0.39, 0.29) is 23.2 Å². The minimum Gasteiger partial charge on any atom is -0.504 e. The molecule has 1 aromatic rings. The van der Waals surface area contributed by atoms with Gasteiger partial charge in [0.2, 0.25) is 0 Å². The largest absolute Gasteiger partial charge is 0.504 e. The van der Waals surface area contributed by atoms with Crippen molar-refractivity contribution >= 4 is 11.6 Å². The van der Waals surface area contributed by atoms with Crippen molar-refractivity contribution in [2.24, 2.45) is 0 Å². The van der Waals surface area contributed by atoms with Gasteiger partial charge in [0.1, 0.15) is 5.71 Å². The first-order valence-corrected chi connectivity index (χ1v) is 4.69. The van der Waals surface area contributed by atoms with E-state index in [1.807, 2.05) is 0 Å². The molecule has 0 atom stereocenters. The molecule has 0 saturated heterocycles. The van der Waals surface area contributed by atoms with E-state index in [2.05, 4.69) is 10.3 Å². The fourth-order valence-electron chi connectivity index (χ4n) is 1.02. The summed E-state index contributed by atoms with van der Waals surface area (Å²) in [5, 5.41) is 28.3. The molecule has 1 amide bonds. The van der Waals surface area contributed by atoms with Gasteiger partial charge in [-0.25, -0.2) is 0 Å². The highest BCUT2D eigenvalue weighted by Crippen LogP contribution is 2.22. The Morgan fingerprint density at radius 1 is 1.44 bits per heavy atom. The molecule has 0 aliphatic heterocycles. The van der Waals surface area contributed by atoms with Gasteiger partial charge in [0.05, 0.1) is 11.9 Å². The average Bonchev–Trinajstić information content (AvgIpc) is 2.20. The van der Waals surface area contributed by atoms with E-state index in [1.165, 1.54) is 0 Å². The number of aromatic hydroxyl groups is 2. The Balaban J connectivity index is 2.88. The smallest absolute Gasteiger partial charge is 0.271 e. The normalized spacial score (nSPS) is 10.2. The Bertz CT molecular complexity index is 429. The van der Waals surface area contributed by atoms with Gasteiger partial charge < -0.3 is 15.5 Å². The summed E-state index contributed by atoms with van der Waals surface area (Å²) in [6, 6.07) is 0.982. The molecule has 0 bridgehead atoms. The summed E-state index contributed by atoms with van der Waals surface area (Å²) >= 11 is 0. The van der Waals surface area contributed by atoms with E-state index >= 15 is 0 Å². The van der Waals surface area contributed by atoms with Gasteiger partial charge in [-0.2, -0.15) is 0 Å². The van der Waals surface area contributed by atoms with Gasteiger partial charge in [-0.1, -0.05) is 0 Å². The predicted molar refractivity (Wildman–Crippen MR) is 57.7 cm³/mol. The van der Waals surface area contributed by atoms with Crippen molar-refractivity contribution in [2.45, 2.75) is 19.9 Å². The van der Waals surface area contributed by atoms with Crippen LogP contribution in [0.2, 0.25) is 0 Å². The molecule has 0 aliphatic rings. The van der Waals surface area contributed by atoms with Gasteiger partial charge in [0, 0.05) is 12.1 Å². The van der Waals surface area contributed by atoms with Crippen LogP contribution in [0.1, 0.15) is 19.5 Å². The maximum Gasteiger partial charge on any atom is 0.271 e. The Morgan fingerprint density at radius 2 is 2.06 bits per heavy atom. The molecule has 0 radical (unpaired) electrons. The van der Waals surface area contributed by atoms with Crippen LogP contribution < -0.4 is 5.32 Å². The van der Waals surface area contributed by atoms with E-state index in [0.29, 0.717) is 0 Å². The first kappa shape index (κ1) is 12.0. The lowest BCUT2D eigenvalue weighted by atomic mass is 10.2. The van der Waals surface area contributed by atoms with Crippen molar-refractivity contribution < 1.29 is 15.0 Å². The highest BCUT2D eigenvalue weighted by molar-refractivity contribution is 6.43. The zero-order valence-electron chi connectivity index (χ0n) is 8.98. The first-order chi connectivity index (χ1) is 7.41. The summed E-state index contributed by atoms with van der Waals surface area (Å²) in [4.78, 5) is 15.1. The van der Waals surface area contributed by atoms with Crippen LogP contribution in [0, 0.1) is 5.41 Å². The standard InChI is InChI=1S/C10H13N3O3/c1-5(2)13-10(16)9(11)6-3-7(14)8(15)4-12-6/h3-5,11,15H,1-2H3,(H,12,14)(H,13,16). The van der Waals surface area contributed by atoms with Gasteiger partial charge in [-0.15, -0.1) is 0 Å². The molecule has 0 aliphatic carbocycles. The summed E-state index contributed by atoms with van der Waals surface area (Å²) in [6.07, 6.45) is 0.988. The van der Waals surface area contributed by atoms with Gasteiger partial charge in [0.15, 0.2) is 11.5 Å². The van der Waals surface area contributed by atoms with Gasteiger partial charge in [-0.05, 0) is 13.8 Å². The summed E-state index contributed by atoms with van der Waals surface area (Å²) < 4.78 is 0. The third-order valence-electron chi connectivity index (χ3n) is 1.76. The Kier molecular flexibility index (Phi) is 3.44. The molecular formula is C10H13N3O3. The summed E-state index contributed by atoms with van der Waals surface area (Å²) in [7, 11) is 0. The van der Waals surface area contributed by atoms with Gasteiger partial charge >= 0.3 is 0 Å². The SMILES string of the molecule is CC(C)NC(=O)C(=N)c1cc(O)c(O)cn1. The maximum atomic E-state index is 11.4. The van der Waals surface area contributed by atoms with Crippen LogP contribution in [-0.4, -0.2) is 32.9 Å². The lowest BCUT2D eigenvalue weighted by molar-refractivity contribution is -0.115. The molecule has 1 aromatic heterocycles. The highest BCUT2D eigenvalue weighted by atomic mass is 16.3. The number of hydrogen-bond donors (Lipinski definition) is 4. The van der Waals surface area contributed by atoms with E-state index in [9.17, 15) is 9.90 Å². The molecule has 86 valence electrons. The number of nitrogens with zero attached hydrogens (tertiary/aromatic N) is 1. The number of pyridine rings is 1. The molecule has 4 N–H and O–H groups in total. The molecule has 0 spiro atoms. The number of rotatable bonds is 3. The molecule has 1 heterocycles. The Morgan fingerprint density at radius 3 is 2.56 bits per heavy atom. The molecule has 0 fully saturated rings. The minimum atomic E-state index is -0.576. The monoisotopic (exact) mass is 223 g/mol. The molecule has 1 rings (SSSR count). The Labute approximate surface area is 92.5 Å². The fraction of sp³-hybridized carbons (Fsp3) is 0.300.